The summed E-state index contributed by atoms with van der Waals surface area (Å²) in [4.78, 5) is 28.9. The molecule has 0 bridgehead atoms. The Bertz CT molecular complexity index is 967. The fourth-order valence-corrected chi connectivity index (χ4v) is 3.32. The number of aromatic nitrogens is 3. The molecule has 7 nitrogen and oxygen atoms in total. The van der Waals surface area contributed by atoms with Gasteiger partial charge in [-0.25, -0.2) is 9.67 Å². The van der Waals surface area contributed by atoms with E-state index in [0.717, 1.165) is 9.37 Å². The van der Waals surface area contributed by atoms with Crippen molar-refractivity contribution in [2.24, 2.45) is 0 Å². The summed E-state index contributed by atoms with van der Waals surface area (Å²) in [7, 11) is 0. The number of carbonyl (C=O) groups is 2. The van der Waals surface area contributed by atoms with Crippen LogP contribution in [0.4, 0.5) is 5.69 Å². The molecule has 1 N–H and O–H groups in total. The second-order valence-electron chi connectivity index (χ2n) is 5.45. The van der Waals surface area contributed by atoms with Gasteiger partial charge in [0.25, 0.3) is 5.91 Å². The van der Waals surface area contributed by atoms with E-state index in [2.05, 4.69) is 31.3 Å². The van der Waals surface area contributed by atoms with Crippen LogP contribution in [0.15, 0.2) is 64.5 Å². The van der Waals surface area contributed by atoms with Gasteiger partial charge < -0.3 is 10.1 Å². The van der Waals surface area contributed by atoms with E-state index in [1.807, 2.05) is 24.3 Å². The van der Waals surface area contributed by atoms with Gasteiger partial charge in [-0.2, -0.15) is 5.10 Å². The third-order valence-corrected chi connectivity index (χ3v) is 5.18. The molecular weight excluding hydrogens is 468 g/mol. The Morgan fingerprint density at radius 1 is 1.21 bits per heavy atom. The second-order valence-corrected chi connectivity index (χ2v) is 7.85. The van der Waals surface area contributed by atoms with E-state index in [-0.39, 0.29) is 5.75 Å². The van der Waals surface area contributed by atoms with E-state index in [0.29, 0.717) is 16.4 Å². The molecule has 0 spiro atoms. The molecule has 1 amide bonds. The van der Waals surface area contributed by atoms with Gasteiger partial charge in [-0.1, -0.05) is 27.5 Å². The van der Waals surface area contributed by atoms with Crippen molar-refractivity contribution in [1.29, 1.82) is 0 Å². The SMILES string of the molecule is O=C(COC(=O)CSc1ccc(Br)cc1)Nc1cc(Cl)ccc1-n1cncn1. The summed E-state index contributed by atoms with van der Waals surface area (Å²) in [6.07, 6.45) is 2.88. The highest BCUT2D eigenvalue weighted by molar-refractivity contribution is 9.10. The minimum absolute atomic E-state index is 0.107. The number of halogens is 2. The van der Waals surface area contributed by atoms with Crippen LogP contribution >= 0.6 is 39.3 Å². The van der Waals surface area contributed by atoms with E-state index in [1.165, 1.54) is 29.1 Å². The summed E-state index contributed by atoms with van der Waals surface area (Å²) in [5.74, 6) is -0.854. The normalized spacial score (nSPS) is 10.5. The van der Waals surface area contributed by atoms with Crippen molar-refractivity contribution in [3.63, 3.8) is 0 Å². The average molecular weight is 482 g/mol. The highest BCUT2D eigenvalue weighted by Crippen LogP contribution is 2.24. The molecular formula is C18H14BrClN4O3S. The van der Waals surface area contributed by atoms with Crippen LogP contribution in [0.2, 0.25) is 5.02 Å². The number of carbonyl (C=O) groups excluding carboxylic acids is 2. The first-order valence-electron chi connectivity index (χ1n) is 7.99. The number of rotatable bonds is 7. The van der Waals surface area contributed by atoms with Crippen LogP contribution in [0.25, 0.3) is 5.69 Å². The van der Waals surface area contributed by atoms with Crippen molar-refractivity contribution in [2.45, 2.75) is 4.90 Å². The predicted octanol–water partition coefficient (Wildman–Crippen LogP) is 3.96. The Morgan fingerprint density at radius 3 is 2.71 bits per heavy atom. The number of hydrogen-bond acceptors (Lipinski definition) is 6. The maximum absolute atomic E-state index is 12.2. The van der Waals surface area contributed by atoms with Crippen molar-refractivity contribution in [1.82, 2.24) is 14.8 Å². The van der Waals surface area contributed by atoms with E-state index in [1.54, 1.807) is 18.2 Å². The molecule has 10 heteroatoms. The molecule has 3 rings (SSSR count). The maximum atomic E-state index is 12.2. The van der Waals surface area contributed by atoms with E-state index >= 15 is 0 Å². The number of benzene rings is 2. The summed E-state index contributed by atoms with van der Waals surface area (Å²) < 4.78 is 7.49. The molecule has 0 aliphatic heterocycles. The predicted molar refractivity (Wildman–Crippen MR) is 111 cm³/mol. The Morgan fingerprint density at radius 2 is 2.00 bits per heavy atom. The zero-order valence-electron chi connectivity index (χ0n) is 14.3. The van der Waals surface area contributed by atoms with Gasteiger partial charge >= 0.3 is 5.97 Å². The van der Waals surface area contributed by atoms with Crippen LogP contribution in [0.1, 0.15) is 0 Å². The monoisotopic (exact) mass is 480 g/mol. The summed E-state index contributed by atoms with van der Waals surface area (Å²) in [5.41, 5.74) is 1.02. The van der Waals surface area contributed by atoms with E-state index in [4.69, 9.17) is 16.3 Å². The molecule has 0 aliphatic carbocycles. The lowest BCUT2D eigenvalue weighted by Crippen LogP contribution is -2.22. The minimum atomic E-state index is -0.481. The number of thioether (sulfide) groups is 1. The highest BCUT2D eigenvalue weighted by atomic mass is 79.9. The first kappa shape index (κ1) is 20.4. The van der Waals surface area contributed by atoms with Gasteiger partial charge in [0.05, 0.1) is 17.1 Å². The van der Waals surface area contributed by atoms with Gasteiger partial charge in [0.1, 0.15) is 12.7 Å². The van der Waals surface area contributed by atoms with Crippen LogP contribution in [-0.4, -0.2) is 39.0 Å². The molecule has 2 aromatic carbocycles. The van der Waals surface area contributed by atoms with E-state index in [9.17, 15) is 9.59 Å². The molecule has 0 radical (unpaired) electrons. The number of nitrogens with one attached hydrogen (secondary N) is 1. The van der Waals surface area contributed by atoms with Crippen LogP contribution in [0, 0.1) is 0 Å². The van der Waals surface area contributed by atoms with Gasteiger partial charge in [-0.05, 0) is 42.5 Å². The molecule has 0 fully saturated rings. The molecule has 0 unspecified atom stereocenters. The average Bonchev–Trinajstić information content (AvgIpc) is 3.20. The van der Waals surface area contributed by atoms with Gasteiger partial charge in [0.2, 0.25) is 0 Å². The van der Waals surface area contributed by atoms with Gasteiger partial charge in [-0.3, -0.25) is 9.59 Å². The van der Waals surface area contributed by atoms with Crippen LogP contribution in [-0.2, 0) is 14.3 Å². The zero-order chi connectivity index (χ0) is 19.9. The molecule has 3 aromatic rings. The van der Waals surface area contributed by atoms with Crippen LogP contribution in [0.5, 0.6) is 0 Å². The summed E-state index contributed by atoms with van der Waals surface area (Å²) >= 11 is 10.7. The Hall–Kier alpha value is -2.36. The summed E-state index contributed by atoms with van der Waals surface area (Å²) in [6, 6.07) is 12.5. The van der Waals surface area contributed by atoms with Gasteiger partial charge in [0.15, 0.2) is 6.61 Å². The summed E-state index contributed by atoms with van der Waals surface area (Å²) in [6.45, 7) is -0.400. The highest BCUT2D eigenvalue weighted by Gasteiger charge is 2.12. The number of hydrogen-bond donors (Lipinski definition) is 1. The first-order valence-corrected chi connectivity index (χ1v) is 10.2. The van der Waals surface area contributed by atoms with Crippen molar-refractivity contribution in [3.05, 3.63) is 64.6 Å². The fraction of sp³-hybridized carbons (Fsp3) is 0.111. The Labute approximate surface area is 178 Å². The van der Waals surface area contributed by atoms with Crippen molar-refractivity contribution >= 4 is 56.9 Å². The molecule has 144 valence electrons. The molecule has 0 atom stereocenters. The van der Waals surface area contributed by atoms with E-state index < -0.39 is 18.5 Å². The van der Waals surface area contributed by atoms with Crippen molar-refractivity contribution in [2.75, 3.05) is 17.7 Å². The number of anilines is 1. The number of nitrogens with zero attached hydrogens (tertiary/aromatic N) is 3. The third-order valence-electron chi connectivity index (χ3n) is 3.43. The number of amides is 1. The van der Waals surface area contributed by atoms with Gasteiger partial charge in [-0.15, -0.1) is 11.8 Å². The van der Waals surface area contributed by atoms with Crippen molar-refractivity contribution in [3.8, 4) is 5.69 Å². The lowest BCUT2D eigenvalue weighted by Gasteiger charge is -2.11. The standard InChI is InChI=1S/C18H14BrClN4O3S/c19-12-1-4-14(5-2-12)28-9-18(26)27-8-17(25)23-15-7-13(20)3-6-16(15)24-11-21-10-22-24/h1-7,10-11H,8-9H2,(H,23,25). The quantitative estimate of drug-likeness (QED) is 0.406. The second kappa shape index (κ2) is 9.72. The Balaban J connectivity index is 1.52. The van der Waals surface area contributed by atoms with Crippen LogP contribution < -0.4 is 5.32 Å². The molecule has 1 heterocycles. The Kier molecular flexibility index (Phi) is 7.07. The lowest BCUT2D eigenvalue weighted by atomic mass is 10.2. The minimum Gasteiger partial charge on any atom is -0.455 e. The molecule has 0 aliphatic rings. The molecule has 0 saturated heterocycles. The molecule has 28 heavy (non-hydrogen) atoms. The van der Waals surface area contributed by atoms with Crippen LogP contribution in [0.3, 0.4) is 0 Å². The number of ether oxygens (including phenoxy) is 1. The fourth-order valence-electron chi connectivity index (χ4n) is 2.19. The zero-order valence-corrected chi connectivity index (χ0v) is 17.5. The summed E-state index contributed by atoms with van der Waals surface area (Å²) in [5, 5.41) is 7.16. The molecule has 1 aromatic heterocycles. The van der Waals surface area contributed by atoms with Crippen molar-refractivity contribution < 1.29 is 14.3 Å². The first-order chi connectivity index (χ1) is 13.5. The third kappa shape index (κ3) is 5.82. The topological polar surface area (TPSA) is 86.1 Å². The maximum Gasteiger partial charge on any atom is 0.316 e. The van der Waals surface area contributed by atoms with Gasteiger partial charge in [0, 0.05) is 14.4 Å². The smallest absolute Gasteiger partial charge is 0.316 e. The lowest BCUT2D eigenvalue weighted by molar-refractivity contribution is -0.144. The largest absolute Gasteiger partial charge is 0.455 e. The number of esters is 1. The molecule has 0 saturated carbocycles.